The number of nitriles is 1. The SMILES string of the molecule is CCOC(=O)NC(=O)C(C#N)C=Nc1ccc([N+](=O)[O-])cc1. The number of imide groups is 1. The van der Waals surface area contributed by atoms with Gasteiger partial charge in [0.15, 0.2) is 5.92 Å². The highest BCUT2D eigenvalue weighted by Crippen LogP contribution is 2.17. The van der Waals surface area contributed by atoms with Gasteiger partial charge in [0.1, 0.15) is 0 Å². The topological polar surface area (TPSA) is 135 Å². The van der Waals surface area contributed by atoms with Crippen molar-refractivity contribution < 1.29 is 19.2 Å². The van der Waals surface area contributed by atoms with Gasteiger partial charge in [-0.3, -0.25) is 25.2 Å². The van der Waals surface area contributed by atoms with E-state index in [1.807, 2.05) is 5.32 Å². The number of ether oxygens (including phenoxy) is 1. The van der Waals surface area contributed by atoms with Crippen LogP contribution < -0.4 is 5.32 Å². The Balaban J connectivity index is 2.72. The van der Waals surface area contributed by atoms with Crippen molar-refractivity contribution >= 4 is 29.6 Å². The minimum Gasteiger partial charge on any atom is -0.450 e. The van der Waals surface area contributed by atoms with Gasteiger partial charge in [0.05, 0.1) is 23.3 Å². The van der Waals surface area contributed by atoms with Crippen molar-refractivity contribution in [1.82, 2.24) is 5.32 Å². The first kappa shape index (κ1) is 16.8. The average Bonchev–Trinajstić information content (AvgIpc) is 2.48. The van der Waals surface area contributed by atoms with Crippen LogP contribution in [0.25, 0.3) is 0 Å². The van der Waals surface area contributed by atoms with Gasteiger partial charge in [-0.15, -0.1) is 0 Å². The lowest BCUT2D eigenvalue weighted by molar-refractivity contribution is -0.384. The average molecular weight is 304 g/mol. The highest BCUT2D eigenvalue weighted by Gasteiger charge is 2.18. The van der Waals surface area contributed by atoms with E-state index in [2.05, 4.69) is 9.73 Å². The molecule has 0 saturated carbocycles. The summed E-state index contributed by atoms with van der Waals surface area (Å²) in [5.74, 6) is -2.16. The minimum atomic E-state index is -1.29. The van der Waals surface area contributed by atoms with Gasteiger partial charge in [0.2, 0.25) is 0 Å². The van der Waals surface area contributed by atoms with Crippen LogP contribution in [0.4, 0.5) is 16.2 Å². The van der Waals surface area contributed by atoms with Gasteiger partial charge in [-0.2, -0.15) is 5.26 Å². The van der Waals surface area contributed by atoms with Crippen LogP contribution in [0.2, 0.25) is 0 Å². The van der Waals surface area contributed by atoms with Gasteiger partial charge in [-0.05, 0) is 19.1 Å². The third-order valence-electron chi connectivity index (χ3n) is 2.36. The number of amides is 2. The molecule has 0 aliphatic heterocycles. The number of alkyl carbamates (subject to hydrolysis) is 1. The Morgan fingerprint density at radius 1 is 1.50 bits per heavy atom. The molecule has 0 bridgehead atoms. The molecular formula is C13H12N4O5. The predicted octanol–water partition coefficient (Wildman–Crippen LogP) is 1.71. The Bertz CT molecular complexity index is 633. The molecular weight excluding hydrogens is 292 g/mol. The second-order valence-corrected chi connectivity index (χ2v) is 3.87. The molecule has 22 heavy (non-hydrogen) atoms. The van der Waals surface area contributed by atoms with E-state index in [1.165, 1.54) is 24.3 Å². The summed E-state index contributed by atoms with van der Waals surface area (Å²) in [5.41, 5.74) is 0.227. The van der Waals surface area contributed by atoms with Gasteiger partial charge >= 0.3 is 6.09 Å². The van der Waals surface area contributed by atoms with E-state index in [4.69, 9.17) is 5.26 Å². The molecule has 0 saturated heterocycles. The van der Waals surface area contributed by atoms with E-state index < -0.39 is 22.8 Å². The van der Waals surface area contributed by atoms with Crippen LogP contribution >= 0.6 is 0 Å². The van der Waals surface area contributed by atoms with Crippen LogP contribution in [-0.4, -0.2) is 29.7 Å². The molecule has 0 aliphatic carbocycles. The molecule has 114 valence electrons. The minimum absolute atomic E-state index is 0.0905. The van der Waals surface area contributed by atoms with Crippen molar-refractivity contribution in [2.45, 2.75) is 6.92 Å². The van der Waals surface area contributed by atoms with Gasteiger partial charge in [-0.25, -0.2) is 4.79 Å². The Labute approximate surface area is 125 Å². The van der Waals surface area contributed by atoms with Gasteiger partial charge in [0, 0.05) is 18.3 Å². The maximum atomic E-state index is 11.6. The molecule has 1 aromatic carbocycles. The monoisotopic (exact) mass is 304 g/mol. The van der Waals surface area contributed by atoms with Crippen LogP contribution in [0.3, 0.4) is 0 Å². The number of nitrogens with one attached hydrogen (secondary N) is 1. The second kappa shape index (κ2) is 8.11. The highest BCUT2D eigenvalue weighted by molar-refractivity contribution is 6.03. The fourth-order valence-electron chi connectivity index (χ4n) is 1.33. The number of nitro groups is 1. The summed E-state index contributed by atoms with van der Waals surface area (Å²) in [4.78, 5) is 36.5. The lowest BCUT2D eigenvalue weighted by Crippen LogP contribution is -2.36. The molecule has 0 aromatic heterocycles. The van der Waals surface area contributed by atoms with E-state index in [0.29, 0.717) is 5.69 Å². The zero-order valence-corrected chi connectivity index (χ0v) is 11.6. The number of carbonyl (C=O) groups is 2. The van der Waals surface area contributed by atoms with E-state index in [1.54, 1.807) is 13.0 Å². The number of aliphatic imine (C=N–C) groups is 1. The van der Waals surface area contributed by atoms with E-state index in [9.17, 15) is 19.7 Å². The van der Waals surface area contributed by atoms with Crippen molar-refractivity contribution in [3.8, 4) is 6.07 Å². The number of hydrogen-bond donors (Lipinski definition) is 1. The van der Waals surface area contributed by atoms with Crippen LogP contribution in [0.15, 0.2) is 29.3 Å². The Morgan fingerprint density at radius 3 is 2.64 bits per heavy atom. The third-order valence-corrected chi connectivity index (χ3v) is 2.36. The predicted molar refractivity (Wildman–Crippen MR) is 75.5 cm³/mol. The summed E-state index contributed by atoms with van der Waals surface area (Å²) in [6.45, 7) is 1.66. The summed E-state index contributed by atoms with van der Waals surface area (Å²) in [5, 5.41) is 21.3. The van der Waals surface area contributed by atoms with Crippen molar-refractivity contribution in [3.63, 3.8) is 0 Å². The largest absolute Gasteiger partial charge is 0.450 e. The fourth-order valence-corrected chi connectivity index (χ4v) is 1.33. The lowest BCUT2D eigenvalue weighted by atomic mass is 10.2. The first-order valence-electron chi connectivity index (χ1n) is 6.13. The van der Waals surface area contributed by atoms with E-state index >= 15 is 0 Å². The zero-order chi connectivity index (χ0) is 16.5. The number of hydrogen-bond acceptors (Lipinski definition) is 7. The molecule has 1 unspecified atom stereocenters. The molecule has 0 spiro atoms. The van der Waals surface area contributed by atoms with Crippen molar-refractivity contribution in [2.24, 2.45) is 10.9 Å². The molecule has 9 heteroatoms. The summed E-state index contributed by atoms with van der Waals surface area (Å²) in [7, 11) is 0. The van der Waals surface area contributed by atoms with Gasteiger partial charge < -0.3 is 4.74 Å². The molecule has 0 heterocycles. The van der Waals surface area contributed by atoms with Gasteiger partial charge in [-0.1, -0.05) is 0 Å². The smallest absolute Gasteiger partial charge is 0.413 e. The molecule has 9 nitrogen and oxygen atoms in total. The number of rotatable bonds is 5. The van der Waals surface area contributed by atoms with Crippen molar-refractivity contribution in [1.29, 1.82) is 5.26 Å². The Kier molecular flexibility index (Phi) is 6.18. The number of nitro benzene ring substituents is 1. The van der Waals surface area contributed by atoms with Crippen molar-refractivity contribution in [3.05, 3.63) is 34.4 Å². The third kappa shape index (κ3) is 5.01. The molecule has 0 aliphatic rings. The van der Waals surface area contributed by atoms with E-state index in [0.717, 1.165) is 6.21 Å². The zero-order valence-electron chi connectivity index (χ0n) is 11.6. The first-order valence-corrected chi connectivity index (χ1v) is 6.13. The number of benzene rings is 1. The highest BCUT2D eigenvalue weighted by atomic mass is 16.6. The van der Waals surface area contributed by atoms with Gasteiger partial charge in [0.25, 0.3) is 11.6 Å². The fraction of sp³-hybridized carbons (Fsp3) is 0.231. The van der Waals surface area contributed by atoms with Crippen LogP contribution in [0.1, 0.15) is 6.92 Å². The summed E-state index contributed by atoms with van der Waals surface area (Å²) < 4.78 is 4.52. The van der Waals surface area contributed by atoms with Crippen LogP contribution in [-0.2, 0) is 9.53 Å². The quantitative estimate of drug-likeness (QED) is 0.499. The second-order valence-electron chi connectivity index (χ2n) is 3.87. The Hall–Kier alpha value is -3.28. The summed E-state index contributed by atoms with van der Waals surface area (Å²) in [6, 6.07) is 6.89. The number of non-ortho nitro benzene ring substituents is 1. The molecule has 0 fully saturated rings. The maximum absolute atomic E-state index is 11.6. The number of carbonyl (C=O) groups excluding carboxylic acids is 2. The normalized spacial score (nSPS) is 11.5. The molecule has 1 atom stereocenters. The molecule has 2 amide bonds. The standard InChI is InChI=1S/C13H12N4O5/c1-2-22-13(19)16-12(18)9(7-14)8-15-10-3-5-11(6-4-10)17(20)21/h3-6,8-9H,2H2,1H3,(H,16,18,19). The molecule has 1 N–H and O–H groups in total. The molecule has 1 aromatic rings. The van der Waals surface area contributed by atoms with Crippen molar-refractivity contribution in [2.75, 3.05) is 6.61 Å². The summed E-state index contributed by atoms with van der Waals surface area (Å²) in [6.07, 6.45) is 0.0897. The van der Waals surface area contributed by atoms with E-state index in [-0.39, 0.29) is 12.3 Å². The maximum Gasteiger partial charge on any atom is 0.413 e. The first-order chi connectivity index (χ1) is 10.5. The van der Waals surface area contributed by atoms with Crippen LogP contribution in [0.5, 0.6) is 0 Å². The number of nitrogens with zero attached hydrogens (tertiary/aromatic N) is 3. The summed E-state index contributed by atoms with van der Waals surface area (Å²) >= 11 is 0. The molecule has 0 radical (unpaired) electrons. The lowest BCUT2D eigenvalue weighted by Gasteiger charge is -2.05. The Morgan fingerprint density at radius 2 is 2.14 bits per heavy atom. The molecule has 1 rings (SSSR count). The van der Waals surface area contributed by atoms with Crippen LogP contribution in [0, 0.1) is 27.4 Å².